The fourth-order valence-electron chi connectivity index (χ4n) is 1.96. The molecule has 0 spiro atoms. The van der Waals surface area contributed by atoms with Crippen molar-refractivity contribution in [2.45, 2.75) is 58.3 Å². The largest absolute Gasteiger partial charge is 0.444 e. The van der Waals surface area contributed by atoms with Gasteiger partial charge >= 0.3 is 6.09 Å². The zero-order valence-electron chi connectivity index (χ0n) is 12.1. The van der Waals surface area contributed by atoms with Crippen molar-refractivity contribution in [2.75, 3.05) is 13.1 Å². The molecule has 1 saturated heterocycles. The van der Waals surface area contributed by atoms with Crippen LogP contribution in [0.4, 0.5) is 4.79 Å². The van der Waals surface area contributed by atoms with Gasteiger partial charge in [0.15, 0.2) is 0 Å². The highest BCUT2D eigenvalue weighted by molar-refractivity contribution is 5.86. The van der Waals surface area contributed by atoms with Crippen LogP contribution in [0.5, 0.6) is 0 Å². The van der Waals surface area contributed by atoms with Gasteiger partial charge in [-0.1, -0.05) is 0 Å². The van der Waals surface area contributed by atoms with Gasteiger partial charge in [0, 0.05) is 13.1 Å². The molecule has 0 unspecified atom stereocenters. The molecule has 1 aliphatic rings. The van der Waals surface area contributed by atoms with Crippen molar-refractivity contribution in [3.05, 3.63) is 0 Å². The topological polar surface area (TPSA) is 78.9 Å². The van der Waals surface area contributed by atoms with E-state index in [1.165, 1.54) is 6.92 Å². The molecule has 1 fully saturated rings. The van der Waals surface area contributed by atoms with Crippen LogP contribution in [0.15, 0.2) is 0 Å². The first-order valence-corrected chi connectivity index (χ1v) is 6.67. The predicted octanol–water partition coefficient (Wildman–Crippen LogP) is 0.883. The SMILES string of the molecule is C[C@@H](O)[C@H](NC(=O)OC(C)(C)C)C(=O)N1CCCC1. The summed E-state index contributed by atoms with van der Waals surface area (Å²) in [4.78, 5) is 25.5. The normalized spacial score (nSPS) is 18.9. The molecule has 0 aliphatic carbocycles. The highest BCUT2D eigenvalue weighted by Crippen LogP contribution is 2.12. The molecule has 0 saturated carbocycles. The number of rotatable bonds is 3. The summed E-state index contributed by atoms with van der Waals surface area (Å²) in [5.41, 5.74) is -0.635. The van der Waals surface area contributed by atoms with Gasteiger partial charge in [-0.15, -0.1) is 0 Å². The number of ether oxygens (including phenoxy) is 1. The molecule has 19 heavy (non-hydrogen) atoms. The van der Waals surface area contributed by atoms with Crippen molar-refractivity contribution in [3.63, 3.8) is 0 Å². The second-order valence-electron chi connectivity index (χ2n) is 5.90. The molecule has 1 aliphatic heterocycles. The van der Waals surface area contributed by atoms with E-state index >= 15 is 0 Å². The molecule has 1 rings (SSSR count). The summed E-state index contributed by atoms with van der Waals surface area (Å²) in [5, 5.41) is 12.1. The van der Waals surface area contributed by atoms with Gasteiger partial charge in [-0.2, -0.15) is 0 Å². The Morgan fingerprint density at radius 1 is 1.26 bits per heavy atom. The third kappa shape index (κ3) is 5.06. The number of nitrogens with zero attached hydrogens (tertiary/aromatic N) is 1. The van der Waals surface area contributed by atoms with E-state index in [-0.39, 0.29) is 5.91 Å². The van der Waals surface area contributed by atoms with Gasteiger partial charge < -0.3 is 20.1 Å². The van der Waals surface area contributed by atoms with E-state index in [1.807, 2.05) is 0 Å². The smallest absolute Gasteiger partial charge is 0.408 e. The predicted molar refractivity (Wildman–Crippen MR) is 70.7 cm³/mol. The Hall–Kier alpha value is -1.30. The molecule has 110 valence electrons. The molecule has 0 aromatic heterocycles. The zero-order chi connectivity index (χ0) is 14.6. The maximum atomic E-state index is 12.2. The number of aliphatic hydroxyl groups excluding tert-OH is 1. The van der Waals surface area contributed by atoms with E-state index in [4.69, 9.17) is 4.74 Å². The fraction of sp³-hybridized carbons (Fsp3) is 0.846. The van der Waals surface area contributed by atoms with Crippen LogP contribution in [-0.4, -0.2) is 52.8 Å². The number of likely N-dealkylation sites (tertiary alicyclic amines) is 1. The van der Waals surface area contributed by atoms with E-state index < -0.39 is 23.8 Å². The molecular formula is C13H24N2O4. The highest BCUT2D eigenvalue weighted by Gasteiger charge is 2.32. The van der Waals surface area contributed by atoms with Gasteiger partial charge in [0.05, 0.1) is 6.10 Å². The number of carbonyl (C=O) groups excluding carboxylic acids is 2. The van der Waals surface area contributed by atoms with E-state index in [2.05, 4.69) is 5.32 Å². The summed E-state index contributed by atoms with van der Waals surface area (Å²) in [7, 11) is 0. The minimum absolute atomic E-state index is 0.252. The summed E-state index contributed by atoms with van der Waals surface area (Å²) < 4.78 is 5.10. The van der Waals surface area contributed by atoms with Gasteiger partial charge in [0.2, 0.25) is 5.91 Å². The molecular weight excluding hydrogens is 248 g/mol. The lowest BCUT2D eigenvalue weighted by molar-refractivity contribution is -0.134. The summed E-state index contributed by atoms with van der Waals surface area (Å²) >= 11 is 0. The summed E-state index contributed by atoms with van der Waals surface area (Å²) in [6.07, 6.45) is 0.279. The van der Waals surface area contributed by atoms with Crippen molar-refractivity contribution in [1.82, 2.24) is 10.2 Å². The van der Waals surface area contributed by atoms with Crippen LogP contribution in [0.25, 0.3) is 0 Å². The minimum atomic E-state index is -0.958. The number of carbonyl (C=O) groups is 2. The van der Waals surface area contributed by atoms with Gasteiger partial charge in [-0.25, -0.2) is 4.79 Å². The summed E-state index contributed by atoms with van der Waals surface area (Å²) in [6.45, 7) is 8.07. The lowest BCUT2D eigenvalue weighted by Crippen LogP contribution is -2.53. The molecule has 6 heteroatoms. The van der Waals surface area contributed by atoms with Gasteiger partial charge in [-0.05, 0) is 40.5 Å². The summed E-state index contributed by atoms with van der Waals surface area (Å²) in [6, 6.07) is -0.951. The van der Waals surface area contributed by atoms with Crippen molar-refractivity contribution < 1.29 is 19.4 Å². The third-order valence-corrected chi connectivity index (χ3v) is 2.84. The van der Waals surface area contributed by atoms with Crippen molar-refractivity contribution in [3.8, 4) is 0 Å². The molecule has 0 aromatic rings. The second-order valence-corrected chi connectivity index (χ2v) is 5.90. The Balaban J connectivity index is 2.62. The number of amides is 2. The second kappa shape index (κ2) is 6.23. The van der Waals surface area contributed by atoms with Crippen molar-refractivity contribution in [1.29, 1.82) is 0 Å². The monoisotopic (exact) mass is 272 g/mol. The minimum Gasteiger partial charge on any atom is -0.444 e. The van der Waals surface area contributed by atoms with E-state index in [0.29, 0.717) is 13.1 Å². The molecule has 6 nitrogen and oxygen atoms in total. The van der Waals surface area contributed by atoms with Crippen molar-refractivity contribution in [2.24, 2.45) is 0 Å². The van der Waals surface area contributed by atoms with E-state index in [1.54, 1.807) is 25.7 Å². The van der Waals surface area contributed by atoms with Crippen LogP contribution in [-0.2, 0) is 9.53 Å². The van der Waals surface area contributed by atoms with E-state index in [0.717, 1.165) is 12.8 Å². The first-order valence-electron chi connectivity index (χ1n) is 6.67. The standard InChI is InChI=1S/C13H24N2O4/c1-9(16)10(11(17)15-7-5-6-8-15)14-12(18)19-13(2,3)4/h9-10,16H,5-8H2,1-4H3,(H,14,18)/t9-,10+/m1/s1. The van der Waals surface area contributed by atoms with Crippen LogP contribution in [0, 0.1) is 0 Å². The molecule has 0 aromatic carbocycles. The summed E-state index contributed by atoms with van der Waals surface area (Å²) in [5.74, 6) is -0.252. The molecule has 1 heterocycles. The van der Waals surface area contributed by atoms with Crippen LogP contribution in [0.2, 0.25) is 0 Å². The number of aliphatic hydroxyl groups is 1. The first-order chi connectivity index (χ1) is 8.70. The third-order valence-electron chi connectivity index (χ3n) is 2.84. The Labute approximate surface area is 114 Å². The highest BCUT2D eigenvalue weighted by atomic mass is 16.6. The molecule has 0 radical (unpaired) electrons. The average Bonchev–Trinajstić information content (AvgIpc) is 2.75. The van der Waals surface area contributed by atoms with Gasteiger partial charge in [-0.3, -0.25) is 4.79 Å². The lowest BCUT2D eigenvalue weighted by atomic mass is 10.1. The van der Waals surface area contributed by atoms with Crippen LogP contribution in [0.1, 0.15) is 40.5 Å². The number of hydrogen-bond donors (Lipinski definition) is 2. The molecule has 2 atom stereocenters. The first kappa shape index (κ1) is 15.8. The molecule has 2 N–H and O–H groups in total. The maximum Gasteiger partial charge on any atom is 0.408 e. The number of nitrogens with one attached hydrogen (secondary N) is 1. The number of hydrogen-bond acceptors (Lipinski definition) is 4. The van der Waals surface area contributed by atoms with Gasteiger partial charge in [0.25, 0.3) is 0 Å². The van der Waals surface area contributed by atoms with Crippen LogP contribution in [0.3, 0.4) is 0 Å². The zero-order valence-corrected chi connectivity index (χ0v) is 12.1. The van der Waals surface area contributed by atoms with Crippen LogP contribution < -0.4 is 5.32 Å². The lowest BCUT2D eigenvalue weighted by Gasteiger charge is -2.27. The quantitative estimate of drug-likeness (QED) is 0.799. The fourth-order valence-corrected chi connectivity index (χ4v) is 1.96. The van der Waals surface area contributed by atoms with E-state index in [9.17, 15) is 14.7 Å². The van der Waals surface area contributed by atoms with Gasteiger partial charge in [0.1, 0.15) is 11.6 Å². The van der Waals surface area contributed by atoms with Crippen LogP contribution >= 0.6 is 0 Å². The Bertz CT molecular complexity index is 330. The Morgan fingerprint density at radius 2 is 1.79 bits per heavy atom. The Kier molecular flexibility index (Phi) is 5.17. The average molecular weight is 272 g/mol. The Morgan fingerprint density at radius 3 is 2.21 bits per heavy atom. The van der Waals surface area contributed by atoms with Crippen molar-refractivity contribution >= 4 is 12.0 Å². The molecule has 2 amide bonds. The maximum absolute atomic E-state index is 12.2. The number of alkyl carbamates (subject to hydrolysis) is 1. The molecule has 0 bridgehead atoms.